The fourth-order valence-electron chi connectivity index (χ4n) is 10.5. The number of hydrogen-bond acceptors (Lipinski definition) is 3. The molecule has 64 heavy (non-hydrogen) atoms. The molecule has 298 valence electrons. The normalized spacial score (nSPS) is 11.9. The van der Waals surface area contributed by atoms with E-state index in [9.17, 15) is 11.8 Å². The Morgan fingerprint density at radius 2 is 0.875 bits per heavy atom. The first-order valence-corrected chi connectivity index (χ1v) is 23.0. The maximum Gasteiger partial charge on any atom is 0.220 e. The van der Waals surface area contributed by atoms with Crippen LogP contribution in [0.5, 0.6) is 0 Å². The van der Waals surface area contributed by atoms with E-state index in [0.717, 1.165) is 82.8 Å². The summed E-state index contributed by atoms with van der Waals surface area (Å²) in [7, 11) is 0. The van der Waals surface area contributed by atoms with E-state index < -0.39 is 0 Å². The maximum atomic E-state index is 11.9. The van der Waals surface area contributed by atoms with Crippen LogP contribution in [0.1, 0.15) is 16.7 Å². The van der Waals surface area contributed by atoms with Crippen molar-refractivity contribution in [1.82, 2.24) is 9.13 Å². The van der Waals surface area contributed by atoms with Gasteiger partial charge in [0.25, 0.3) is 0 Å². The molecule has 4 aromatic heterocycles. The van der Waals surface area contributed by atoms with Crippen molar-refractivity contribution >= 4 is 112 Å². The fourth-order valence-corrected chi connectivity index (χ4v) is 12.7. The molecule has 0 bridgehead atoms. The van der Waals surface area contributed by atoms with Crippen molar-refractivity contribution < 1.29 is 0 Å². The fraction of sp³-hybridized carbons (Fsp3) is 0.0345. The van der Waals surface area contributed by atoms with Gasteiger partial charge in [-0.1, -0.05) is 121 Å². The number of rotatable bonds is 4. The van der Waals surface area contributed by atoms with E-state index in [1.165, 1.54) is 40.3 Å². The number of benzene rings is 9. The van der Waals surface area contributed by atoms with Crippen LogP contribution in [0.3, 0.4) is 0 Å². The van der Waals surface area contributed by atoms with Gasteiger partial charge < -0.3 is 9.13 Å². The molecule has 0 aliphatic rings. The van der Waals surface area contributed by atoms with Crippen LogP contribution in [0.4, 0.5) is 5.69 Å². The molecular weight excluding hydrogens is 817 g/mol. The number of thiophene rings is 2. The molecule has 0 spiro atoms. The zero-order valence-electron chi connectivity index (χ0n) is 34.8. The first-order chi connectivity index (χ1) is 31.5. The van der Waals surface area contributed by atoms with Crippen molar-refractivity contribution in [2.45, 2.75) is 13.8 Å². The Bertz CT molecular complexity index is 4030. The summed E-state index contributed by atoms with van der Waals surface area (Å²) in [5.41, 5.74) is 11.8. The van der Waals surface area contributed by atoms with Crippen molar-refractivity contribution in [2.24, 2.45) is 0 Å². The molecule has 13 aromatic rings. The summed E-state index contributed by atoms with van der Waals surface area (Å²) in [6.07, 6.45) is 0. The van der Waals surface area contributed by atoms with E-state index in [0.29, 0.717) is 16.8 Å². The summed E-state index contributed by atoms with van der Waals surface area (Å²) in [6, 6.07) is 63.2. The van der Waals surface area contributed by atoms with Crippen molar-refractivity contribution in [3.63, 3.8) is 0 Å². The Balaban J connectivity index is 1.31. The second-order valence-electron chi connectivity index (χ2n) is 16.7. The first kappa shape index (κ1) is 36.6. The topological polar surface area (TPSA) is 38.0 Å². The highest BCUT2D eigenvalue weighted by Gasteiger charge is 2.33. The number of hydrogen-bond donors (Lipinski definition) is 0. The molecule has 13 rings (SSSR count). The van der Waals surface area contributed by atoms with Crippen LogP contribution >= 0.6 is 22.7 Å². The monoisotopic (exact) mass is 850 g/mol. The van der Waals surface area contributed by atoms with Crippen molar-refractivity contribution in [1.29, 1.82) is 5.26 Å². The number of aryl methyl sites for hydroxylation is 2. The van der Waals surface area contributed by atoms with E-state index in [4.69, 9.17) is 0 Å². The highest BCUT2D eigenvalue weighted by atomic mass is 32.1. The molecule has 9 aromatic carbocycles. The van der Waals surface area contributed by atoms with Gasteiger partial charge in [-0.25, -0.2) is 4.85 Å². The minimum atomic E-state index is 0.444. The third kappa shape index (κ3) is 5.01. The van der Waals surface area contributed by atoms with Crippen molar-refractivity contribution in [2.75, 3.05) is 0 Å². The largest absolute Gasteiger partial charge is 0.318 e. The van der Waals surface area contributed by atoms with Gasteiger partial charge in [-0.2, -0.15) is 5.26 Å². The summed E-state index contributed by atoms with van der Waals surface area (Å²) < 4.78 is 9.52. The SMILES string of the molecule is [C-]#[N+]c1c(-c2ccccc2C)c(C#N)c(-n2c3ccccc3c3cc4c(cc32)sc2ccccc24)c(-c2ccccc2C)c1-n1c2ccccc2c2cc3c(cc21)sc1ccccc13. The van der Waals surface area contributed by atoms with Crippen LogP contribution in [-0.4, -0.2) is 9.13 Å². The quantitative estimate of drug-likeness (QED) is 0.163. The predicted molar refractivity (Wildman–Crippen MR) is 272 cm³/mol. The number of fused-ring (bicyclic) bond motifs is 12. The molecular formula is C58H34N4S2. The summed E-state index contributed by atoms with van der Waals surface area (Å²) in [5.74, 6) is 0. The lowest BCUT2D eigenvalue weighted by Crippen LogP contribution is -2.09. The average molecular weight is 851 g/mol. The third-order valence-corrected chi connectivity index (χ3v) is 15.5. The molecule has 4 heterocycles. The van der Waals surface area contributed by atoms with Gasteiger partial charge in [0.15, 0.2) is 0 Å². The molecule has 0 amide bonds. The van der Waals surface area contributed by atoms with Gasteiger partial charge in [0.1, 0.15) is 6.07 Å². The molecule has 0 atom stereocenters. The van der Waals surface area contributed by atoms with Crippen LogP contribution in [0.15, 0.2) is 170 Å². The zero-order valence-corrected chi connectivity index (χ0v) is 36.4. The van der Waals surface area contributed by atoms with Gasteiger partial charge in [0.05, 0.1) is 45.6 Å². The van der Waals surface area contributed by atoms with Gasteiger partial charge >= 0.3 is 0 Å². The Hall–Kier alpha value is -8.00. The van der Waals surface area contributed by atoms with E-state index in [1.54, 1.807) is 22.7 Å². The molecule has 0 aliphatic heterocycles. The van der Waals surface area contributed by atoms with Gasteiger partial charge in [-0.3, -0.25) is 0 Å². The van der Waals surface area contributed by atoms with Crippen LogP contribution < -0.4 is 0 Å². The molecule has 0 aliphatic carbocycles. The molecule has 0 N–H and O–H groups in total. The van der Waals surface area contributed by atoms with Crippen LogP contribution in [-0.2, 0) is 0 Å². The molecule has 0 radical (unpaired) electrons. The first-order valence-electron chi connectivity index (χ1n) is 21.4. The number of nitrogens with zero attached hydrogens (tertiary/aromatic N) is 4. The Labute approximate surface area is 376 Å². The molecule has 0 unspecified atom stereocenters. The van der Waals surface area contributed by atoms with Crippen LogP contribution in [0, 0.1) is 31.8 Å². The minimum Gasteiger partial charge on any atom is -0.318 e. The van der Waals surface area contributed by atoms with Crippen LogP contribution in [0.2, 0.25) is 0 Å². The van der Waals surface area contributed by atoms with Gasteiger partial charge in [-0.05, 0) is 84.6 Å². The number of nitriles is 1. The number of aromatic nitrogens is 2. The highest BCUT2D eigenvalue weighted by Crippen LogP contribution is 2.54. The lowest BCUT2D eigenvalue weighted by molar-refractivity contribution is 1.13. The number of para-hydroxylation sites is 2. The third-order valence-electron chi connectivity index (χ3n) is 13.3. The summed E-state index contributed by atoms with van der Waals surface area (Å²) in [5, 5.41) is 21.3. The van der Waals surface area contributed by atoms with Gasteiger partial charge in [0, 0.05) is 73.0 Å². The lowest BCUT2D eigenvalue weighted by Gasteiger charge is -2.26. The predicted octanol–water partition coefficient (Wildman–Crippen LogP) is 17.0. The van der Waals surface area contributed by atoms with Crippen molar-refractivity contribution in [3.05, 3.63) is 198 Å². The highest BCUT2D eigenvalue weighted by molar-refractivity contribution is 7.26. The summed E-state index contributed by atoms with van der Waals surface area (Å²) >= 11 is 3.59. The van der Waals surface area contributed by atoms with Gasteiger partial charge in [-0.15, -0.1) is 22.7 Å². The van der Waals surface area contributed by atoms with Gasteiger partial charge in [0.2, 0.25) is 5.69 Å². The Morgan fingerprint density at radius 3 is 1.38 bits per heavy atom. The zero-order chi connectivity index (χ0) is 42.8. The van der Waals surface area contributed by atoms with E-state index >= 15 is 0 Å². The molecule has 0 saturated carbocycles. The lowest BCUT2D eigenvalue weighted by atomic mass is 9.86. The molecule has 6 heteroatoms. The smallest absolute Gasteiger partial charge is 0.220 e. The average Bonchev–Trinajstić information content (AvgIpc) is 4.07. The Morgan fingerprint density at radius 1 is 0.438 bits per heavy atom. The van der Waals surface area contributed by atoms with E-state index in [1.807, 2.05) is 12.1 Å². The minimum absolute atomic E-state index is 0.444. The van der Waals surface area contributed by atoms with Crippen molar-refractivity contribution in [3.8, 4) is 39.7 Å². The summed E-state index contributed by atoms with van der Waals surface area (Å²) in [4.78, 5) is 4.56. The molecule has 4 nitrogen and oxygen atoms in total. The molecule has 0 saturated heterocycles. The standard InChI is InChI=1S/C58H34N4S2/c1-33-16-4-6-18-35(33)54-45(32-59)57(61-46-24-12-8-20-37(46)41-28-43-39-22-10-14-26-50(39)63-52(43)30-48(41)61)55(36-19-7-5-17-34(36)2)58(56(54)60-3)62-47-25-13-9-21-38(47)42-29-44-40-23-11-15-27-51(40)64-53(44)31-49(42)62/h4-31H,1-2H3. The summed E-state index contributed by atoms with van der Waals surface area (Å²) in [6.45, 7) is 13.5. The Kier molecular flexibility index (Phi) is 7.87. The maximum absolute atomic E-state index is 11.9. The second kappa shape index (κ2) is 13.8. The molecule has 0 fully saturated rings. The van der Waals surface area contributed by atoms with E-state index in [-0.39, 0.29) is 0 Å². The van der Waals surface area contributed by atoms with E-state index in [2.05, 4.69) is 192 Å². The van der Waals surface area contributed by atoms with Crippen LogP contribution in [0.25, 0.3) is 122 Å². The second-order valence-corrected chi connectivity index (χ2v) is 18.8.